The summed E-state index contributed by atoms with van der Waals surface area (Å²) in [7, 11) is 3.09. The summed E-state index contributed by atoms with van der Waals surface area (Å²) in [5.74, 6) is 0.148. The highest BCUT2D eigenvalue weighted by Gasteiger charge is 2.18. The summed E-state index contributed by atoms with van der Waals surface area (Å²) in [6, 6.07) is 6.71. The molecule has 0 aliphatic rings. The van der Waals surface area contributed by atoms with E-state index >= 15 is 0 Å². The minimum absolute atomic E-state index is 0.239. The quantitative estimate of drug-likeness (QED) is 0.447. The molecule has 0 unspecified atom stereocenters. The second-order valence-electron chi connectivity index (χ2n) is 5.79. The zero-order chi connectivity index (χ0) is 20.7. The number of amides is 1. The molecule has 1 aromatic heterocycles. The van der Waals surface area contributed by atoms with Crippen LogP contribution in [0.2, 0.25) is 0 Å². The first-order chi connectivity index (χ1) is 13.4. The number of aryl methyl sites for hydroxylation is 2. The highest BCUT2D eigenvalue weighted by molar-refractivity contribution is 5.99. The van der Waals surface area contributed by atoms with Crippen LogP contribution in [0, 0.1) is 13.8 Å². The van der Waals surface area contributed by atoms with Gasteiger partial charge in [-0.1, -0.05) is 0 Å². The highest BCUT2D eigenvalue weighted by atomic mass is 16.5. The Morgan fingerprint density at radius 1 is 1.07 bits per heavy atom. The van der Waals surface area contributed by atoms with E-state index in [0.717, 1.165) is 0 Å². The average molecular weight is 385 g/mol. The second-order valence-corrected chi connectivity index (χ2v) is 5.79. The van der Waals surface area contributed by atoms with Gasteiger partial charge in [0.25, 0.3) is 5.91 Å². The molecular weight excluding hydrogens is 362 g/mol. The fraction of sp³-hybridized carbons (Fsp3) is 0.300. The summed E-state index contributed by atoms with van der Waals surface area (Å²) in [6.07, 6.45) is 1.48. The van der Waals surface area contributed by atoms with Crippen LogP contribution in [0.3, 0.4) is 0 Å². The average Bonchev–Trinajstić information content (AvgIpc) is 2.67. The lowest BCUT2D eigenvalue weighted by Gasteiger charge is -2.10. The van der Waals surface area contributed by atoms with Crippen LogP contribution in [0.1, 0.15) is 44.6 Å². The summed E-state index contributed by atoms with van der Waals surface area (Å²) in [6.45, 7) is 5.33. The van der Waals surface area contributed by atoms with Gasteiger partial charge in [0.05, 0.1) is 49.6 Å². The fourth-order valence-corrected chi connectivity index (χ4v) is 2.53. The van der Waals surface area contributed by atoms with Crippen molar-refractivity contribution >= 4 is 18.1 Å². The Bertz CT molecular complexity index is 909. The van der Waals surface area contributed by atoms with Crippen molar-refractivity contribution < 1.29 is 23.8 Å². The van der Waals surface area contributed by atoms with Crippen LogP contribution in [0.15, 0.2) is 29.4 Å². The van der Waals surface area contributed by atoms with Gasteiger partial charge in [-0.15, -0.1) is 0 Å². The van der Waals surface area contributed by atoms with Crippen molar-refractivity contribution in [3.63, 3.8) is 0 Å². The lowest BCUT2D eigenvalue weighted by molar-refractivity contribution is 0.0525. The van der Waals surface area contributed by atoms with Crippen molar-refractivity contribution in [3.05, 3.63) is 52.3 Å². The van der Waals surface area contributed by atoms with Gasteiger partial charge in [0.1, 0.15) is 0 Å². The topological polar surface area (TPSA) is 99.1 Å². The lowest BCUT2D eigenvalue weighted by atomic mass is 10.1. The summed E-state index contributed by atoms with van der Waals surface area (Å²) in [5.41, 5.74) is 4.64. The number of hydrogen-bond acceptors (Lipinski definition) is 7. The minimum atomic E-state index is -0.518. The minimum Gasteiger partial charge on any atom is -0.493 e. The number of carbonyl (C=O) groups is 2. The molecule has 8 nitrogen and oxygen atoms in total. The molecule has 0 radical (unpaired) electrons. The Balaban J connectivity index is 2.18. The number of rotatable bonds is 7. The number of esters is 1. The third-order valence-electron chi connectivity index (χ3n) is 3.93. The van der Waals surface area contributed by atoms with Gasteiger partial charge in [-0.25, -0.2) is 10.2 Å². The summed E-state index contributed by atoms with van der Waals surface area (Å²) >= 11 is 0. The number of methoxy groups -OCH3 is 2. The fourth-order valence-electron chi connectivity index (χ4n) is 2.53. The van der Waals surface area contributed by atoms with E-state index in [0.29, 0.717) is 28.5 Å². The van der Waals surface area contributed by atoms with Crippen LogP contribution in [0.4, 0.5) is 0 Å². The second kappa shape index (κ2) is 9.50. The molecule has 0 atom stereocenters. The van der Waals surface area contributed by atoms with Crippen molar-refractivity contribution in [1.29, 1.82) is 0 Å². The molecule has 0 spiro atoms. The Morgan fingerprint density at radius 2 is 1.75 bits per heavy atom. The van der Waals surface area contributed by atoms with Gasteiger partial charge < -0.3 is 14.2 Å². The van der Waals surface area contributed by atoms with Crippen LogP contribution in [-0.4, -0.2) is 43.9 Å². The maximum atomic E-state index is 12.5. The van der Waals surface area contributed by atoms with Crippen molar-refractivity contribution in [3.8, 4) is 11.5 Å². The van der Waals surface area contributed by atoms with E-state index in [1.807, 2.05) is 0 Å². The molecule has 0 saturated heterocycles. The molecule has 0 fully saturated rings. The van der Waals surface area contributed by atoms with Crippen molar-refractivity contribution in [1.82, 2.24) is 10.4 Å². The molecule has 1 aromatic carbocycles. The normalized spacial score (nSPS) is 10.6. The Kier molecular flexibility index (Phi) is 7.08. The molecular formula is C20H23N3O5. The van der Waals surface area contributed by atoms with E-state index in [4.69, 9.17) is 14.2 Å². The number of hydrazone groups is 1. The van der Waals surface area contributed by atoms with E-state index in [-0.39, 0.29) is 17.7 Å². The van der Waals surface area contributed by atoms with Gasteiger partial charge in [0.15, 0.2) is 11.5 Å². The van der Waals surface area contributed by atoms with Crippen LogP contribution >= 0.6 is 0 Å². The Labute approximate surface area is 163 Å². The lowest BCUT2D eigenvalue weighted by Crippen LogP contribution is -2.21. The predicted octanol–water partition coefficient (Wildman–Crippen LogP) is 2.66. The van der Waals surface area contributed by atoms with Crippen LogP contribution in [0.25, 0.3) is 0 Å². The number of benzene rings is 1. The van der Waals surface area contributed by atoms with Crippen LogP contribution in [0.5, 0.6) is 11.5 Å². The number of aromatic nitrogens is 1. The SMILES string of the molecule is CCOC(=O)c1cc(C(=O)N/N=C\c2ccc(OC)c(OC)c2)c(C)nc1C. The van der Waals surface area contributed by atoms with E-state index in [1.54, 1.807) is 46.1 Å². The largest absolute Gasteiger partial charge is 0.493 e. The van der Waals surface area contributed by atoms with Crippen LogP contribution < -0.4 is 14.9 Å². The summed E-state index contributed by atoms with van der Waals surface area (Å²) in [5, 5.41) is 3.96. The molecule has 0 aliphatic carbocycles. The number of nitrogens with zero attached hydrogens (tertiary/aromatic N) is 2. The molecule has 0 bridgehead atoms. The van der Waals surface area contributed by atoms with Gasteiger partial charge in [-0.05, 0) is 50.6 Å². The van der Waals surface area contributed by atoms with E-state index in [1.165, 1.54) is 19.4 Å². The van der Waals surface area contributed by atoms with E-state index < -0.39 is 11.9 Å². The maximum absolute atomic E-state index is 12.5. The number of ether oxygens (including phenoxy) is 3. The smallest absolute Gasteiger partial charge is 0.339 e. The Morgan fingerprint density at radius 3 is 2.39 bits per heavy atom. The molecule has 28 heavy (non-hydrogen) atoms. The van der Waals surface area contributed by atoms with Crippen molar-refractivity contribution in [2.75, 3.05) is 20.8 Å². The maximum Gasteiger partial charge on any atom is 0.339 e. The third-order valence-corrected chi connectivity index (χ3v) is 3.93. The molecule has 1 heterocycles. The van der Waals surface area contributed by atoms with Crippen LogP contribution in [-0.2, 0) is 4.74 Å². The van der Waals surface area contributed by atoms with Crippen molar-refractivity contribution in [2.45, 2.75) is 20.8 Å². The number of carbonyl (C=O) groups excluding carboxylic acids is 2. The summed E-state index contributed by atoms with van der Waals surface area (Å²) < 4.78 is 15.4. The monoisotopic (exact) mass is 385 g/mol. The van der Waals surface area contributed by atoms with Gasteiger partial charge in [0, 0.05) is 0 Å². The van der Waals surface area contributed by atoms with Gasteiger partial charge in [0.2, 0.25) is 0 Å². The first kappa shape index (κ1) is 20.9. The number of nitrogens with one attached hydrogen (secondary N) is 1. The molecule has 2 aromatic rings. The Hall–Kier alpha value is -3.42. The number of pyridine rings is 1. The molecule has 1 amide bonds. The third kappa shape index (κ3) is 4.85. The highest BCUT2D eigenvalue weighted by Crippen LogP contribution is 2.26. The summed E-state index contributed by atoms with van der Waals surface area (Å²) in [4.78, 5) is 28.7. The molecule has 0 saturated carbocycles. The predicted molar refractivity (Wildman–Crippen MR) is 104 cm³/mol. The zero-order valence-electron chi connectivity index (χ0n) is 16.5. The van der Waals surface area contributed by atoms with E-state index in [9.17, 15) is 9.59 Å². The first-order valence-electron chi connectivity index (χ1n) is 8.62. The number of hydrogen-bond donors (Lipinski definition) is 1. The molecule has 2 rings (SSSR count). The van der Waals surface area contributed by atoms with Gasteiger partial charge in [-0.3, -0.25) is 9.78 Å². The molecule has 148 valence electrons. The van der Waals surface area contributed by atoms with Crippen molar-refractivity contribution in [2.24, 2.45) is 5.10 Å². The van der Waals surface area contributed by atoms with Gasteiger partial charge in [-0.2, -0.15) is 5.10 Å². The van der Waals surface area contributed by atoms with Gasteiger partial charge >= 0.3 is 5.97 Å². The van der Waals surface area contributed by atoms with E-state index in [2.05, 4.69) is 15.5 Å². The molecule has 8 heteroatoms. The first-order valence-corrected chi connectivity index (χ1v) is 8.62. The zero-order valence-corrected chi connectivity index (χ0v) is 16.5. The molecule has 0 aliphatic heterocycles. The standard InChI is InChI=1S/C20H23N3O5/c1-6-28-20(25)16-10-15(12(2)22-13(16)3)19(24)23-21-11-14-7-8-17(26-4)18(9-14)27-5/h7-11H,6H2,1-5H3,(H,23,24)/b21-11-. The molecule has 1 N–H and O–H groups in total.